The molecule has 2 aromatic carbocycles. The zero-order valence-corrected chi connectivity index (χ0v) is 18.2. The Labute approximate surface area is 193 Å². The number of benzene rings is 2. The molecule has 2 aromatic heterocycles. The number of aromatic nitrogens is 4. The number of nitrogens with zero attached hydrogens (tertiary/aromatic N) is 6. The first-order valence-electron chi connectivity index (χ1n) is 10.1. The lowest BCUT2D eigenvalue weighted by molar-refractivity contribution is -0.120. The van der Waals surface area contributed by atoms with Gasteiger partial charge >= 0.3 is 6.01 Å². The van der Waals surface area contributed by atoms with Crippen LogP contribution in [0.3, 0.4) is 0 Å². The van der Waals surface area contributed by atoms with Gasteiger partial charge in [0.1, 0.15) is 6.61 Å². The van der Waals surface area contributed by atoms with Crippen LogP contribution in [0.5, 0.6) is 17.5 Å². The van der Waals surface area contributed by atoms with Gasteiger partial charge in [0, 0.05) is 13.2 Å². The Hall–Kier alpha value is -4.58. The molecule has 34 heavy (non-hydrogen) atoms. The molecule has 4 rings (SSSR count). The smallest absolute Gasteiger partial charge is 0.320 e. The standard InChI is InChI=1S/C22H21N7O5/c1-32-9-10-33-22-25-19(28-27-15-7-8-16(31)17(11-15)34-13-30)18-20(26-22)29(21(23)24-18)12-14-5-3-2-4-6-14/h2-8,11,13,31H,9-10,12H2,1H3,(H2,23,24). The van der Waals surface area contributed by atoms with E-state index < -0.39 is 0 Å². The minimum atomic E-state index is -0.211. The Morgan fingerprint density at radius 2 is 1.91 bits per heavy atom. The lowest BCUT2D eigenvalue weighted by Gasteiger charge is -2.08. The van der Waals surface area contributed by atoms with Gasteiger partial charge < -0.3 is 25.1 Å². The molecule has 12 nitrogen and oxygen atoms in total. The zero-order valence-electron chi connectivity index (χ0n) is 18.2. The van der Waals surface area contributed by atoms with Gasteiger partial charge in [-0.2, -0.15) is 9.97 Å². The van der Waals surface area contributed by atoms with Gasteiger partial charge in [-0.1, -0.05) is 30.3 Å². The van der Waals surface area contributed by atoms with Crippen LogP contribution in [-0.2, 0) is 16.1 Å². The van der Waals surface area contributed by atoms with Crippen LogP contribution < -0.4 is 15.2 Å². The highest BCUT2D eigenvalue weighted by molar-refractivity contribution is 5.84. The minimum Gasteiger partial charge on any atom is -0.504 e. The van der Waals surface area contributed by atoms with Crippen molar-refractivity contribution >= 4 is 35.1 Å². The number of hydrogen-bond acceptors (Lipinski definition) is 11. The summed E-state index contributed by atoms with van der Waals surface area (Å²) in [6, 6.07) is 13.9. The minimum absolute atomic E-state index is 0.0562. The van der Waals surface area contributed by atoms with Crippen LogP contribution in [0, 0.1) is 0 Å². The zero-order chi connectivity index (χ0) is 23.9. The number of azo groups is 1. The number of rotatable bonds is 10. The number of nitrogens with two attached hydrogens (primary N) is 1. The van der Waals surface area contributed by atoms with E-state index in [4.69, 9.17) is 19.9 Å². The van der Waals surface area contributed by atoms with Crippen molar-refractivity contribution in [3.63, 3.8) is 0 Å². The average Bonchev–Trinajstić information content (AvgIpc) is 3.15. The van der Waals surface area contributed by atoms with Crippen LogP contribution in [-0.4, -0.2) is 51.4 Å². The van der Waals surface area contributed by atoms with E-state index in [1.54, 1.807) is 11.7 Å². The molecule has 0 saturated heterocycles. The van der Waals surface area contributed by atoms with Gasteiger partial charge in [-0.15, -0.1) is 10.2 Å². The van der Waals surface area contributed by atoms with Crippen molar-refractivity contribution in [3.05, 3.63) is 54.1 Å². The summed E-state index contributed by atoms with van der Waals surface area (Å²) in [6.07, 6.45) is 0. The van der Waals surface area contributed by atoms with Crippen LogP contribution in [0.15, 0.2) is 58.8 Å². The molecule has 0 aliphatic rings. The molecule has 0 bridgehead atoms. The maximum Gasteiger partial charge on any atom is 0.320 e. The van der Waals surface area contributed by atoms with Gasteiger partial charge in [-0.05, 0) is 17.7 Å². The van der Waals surface area contributed by atoms with E-state index in [0.29, 0.717) is 30.0 Å². The summed E-state index contributed by atoms with van der Waals surface area (Å²) in [5, 5.41) is 18.1. The molecule has 0 aliphatic heterocycles. The van der Waals surface area contributed by atoms with Gasteiger partial charge in [0.25, 0.3) is 6.47 Å². The van der Waals surface area contributed by atoms with Gasteiger partial charge in [-0.25, -0.2) is 4.98 Å². The molecule has 0 spiro atoms. The van der Waals surface area contributed by atoms with Crippen LogP contribution in [0.25, 0.3) is 11.2 Å². The fourth-order valence-corrected chi connectivity index (χ4v) is 3.07. The third-order valence-corrected chi connectivity index (χ3v) is 4.67. The number of hydrogen-bond donors (Lipinski definition) is 2. The maximum absolute atomic E-state index is 10.6. The van der Waals surface area contributed by atoms with Crippen molar-refractivity contribution in [2.45, 2.75) is 6.54 Å². The summed E-state index contributed by atoms with van der Waals surface area (Å²) in [7, 11) is 1.56. The Bertz CT molecular complexity index is 1320. The van der Waals surface area contributed by atoms with Gasteiger partial charge in [0.2, 0.25) is 11.8 Å². The van der Waals surface area contributed by atoms with E-state index in [9.17, 15) is 9.90 Å². The highest BCUT2D eigenvalue weighted by atomic mass is 16.5. The number of phenolic OH excluding ortho intramolecular Hbond substituents is 1. The molecular weight excluding hydrogens is 442 g/mol. The van der Waals surface area contributed by atoms with Crippen molar-refractivity contribution in [2.75, 3.05) is 26.1 Å². The Morgan fingerprint density at radius 3 is 2.68 bits per heavy atom. The number of carbonyl (C=O) groups is 1. The van der Waals surface area contributed by atoms with Crippen LogP contribution in [0.2, 0.25) is 0 Å². The number of aromatic hydroxyl groups is 1. The summed E-state index contributed by atoms with van der Waals surface area (Å²) in [5.41, 5.74) is 8.26. The molecule has 0 aliphatic carbocycles. The van der Waals surface area contributed by atoms with E-state index in [0.717, 1.165) is 5.56 Å². The number of carbonyl (C=O) groups excluding carboxylic acids is 1. The van der Waals surface area contributed by atoms with Crippen LogP contribution >= 0.6 is 0 Å². The van der Waals surface area contributed by atoms with Crippen molar-refractivity contribution in [3.8, 4) is 17.5 Å². The van der Waals surface area contributed by atoms with Crippen molar-refractivity contribution in [1.82, 2.24) is 19.5 Å². The third kappa shape index (κ3) is 5.07. The van der Waals surface area contributed by atoms with Crippen LogP contribution in [0.4, 0.5) is 17.5 Å². The second-order valence-corrected chi connectivity index (χ2v) is 6.95. The molecule has 0 atom stereocenters. The average molecular weight is 463 g/mol. The Morgan fingerprint density at radius 1 is 1.09 bits per heavy atom. The molecule has 0 unspecified atom stereocenters. The lowest BCUT2D eigenvalue weighted by atomic mass is 10.2. The fourth-order valence-electron chi connectivity index (χ4n) is 3.07. The molecule has 0 amide bonds. The molecule has 0 saturated carbocycles. The topological polar surface area (TPSA) is 159 Å². The summed E-state index contributed by atoms with van der Waals surface area (Å²) < 4.78 is 17.1. The summed E-state index contributed by atoms with van der Waals surface area (Å²) in [5.74, 6) is 0.0859. The predicted octanol–water partition coefficient (Wildman–Crippen LogP) is 3.14. The molecule has 2 heterocycles. The summed E-state index contributed by atoms with van der Waals surface area (Å²) in [4.78, 5) is 23.8. The number of nitrogen functional groups attached to an aromatic ring is 1. The second-order valence-electron chi connectivity index (χ2n) is 6.95. The van der Waals surface area contributed by atoms with Crippen molar-refractivity contribution in [2.24, 2.45) is 10.2 Å². The van der Waals surface area contributed by atoms with E-state index in [1.807, 2.05) is 30.3 Å². The summed E-state index contributed by atoms with van der Waals surface area (Å²) in [6.45, 7) is 1.20. The number of imidazole rings is 1. The maximum atomic E-state index is 10.6. The molecule has 174 valence electrons. The molecule has 3 N–H and O–H groups in total. The fraction of sp³-hybridized carbons (Fsp3) is 0.182. The number of methoxy groups -OCH3 is 1. The van der Waals surface area contributed by atoms with Crippen molar-refractivity contribution in [1.29, 1.82) is 0 Å². The first-order valence-corrected chi connectivity index (χ1v) is 10.1. The molecule has 0 fully saturated rings. The largest absolute Gasteiger partial charge is 0.504 e. The predicted molar refractivity (Wildman–Crippen MR) is 122 cm³/mol. The van der Waals surface area contributed by atoms with E-state index in [-0.39, 0.29) is 42.4 Å². The lowest BCUT2D eigenvalue weighted by Crippen LogP contribution is -2.08. The monoisotopic (exact) mass is 463 g/mol. The van der Waals surface area contributed by atoms with E-state index in [2.05, 4.69) is 25.2 Å². The number of anilines is 1. The summed E-state index contributed by atoms with van der Waals surface area (Å²) >= 11 is 0. The van der Waals surface area contributed by atoms with Crippen molar-refractivity contribution < 1.29 is 24.1 Å². The number of fused-ring (bicyclic) bond motifs is 1. The van der Waals surface area contributed by atoms with Gasteiger partial charge in [0.05, 0.1) is 18.8 Å². The number of phenols is 1. The Balaban J connectivity index is 1.75. The first kappa shape index (κ1) is 22.6. The quantitative estimate of drug-likeness (QED) is 0.205. The number of ether oxygens (including phenoxy) is 3. The van der Waals surface area contributed by atoms with Gasteiger partial charge in [-0.3, -0.25) is 9.36 Å². The molecule has 0 radical (unpaired) electrons. The van der Waals surface area contributed by atoms with Crippen LogP contribution in [0.1, 0.15) is 5.56 Å². The van der Waals surface area contributed by atoms with E-state index in [1.165, 1.54) is 18.2 Å². The molecule has 12 heteroatoms. The Kier molecular flexibility index (Phi) is 6.89. The highest BCUT2D eigenvalue weighted by Gasteiger charge is 2.18. The third-order valence-electron chi connectivity index (χ3n) is 4.67. The van der Waals surface area contributed by atoms with E-state index >= 15 is 0 Å². The SMILES string of the molecule is COCCOc1nc(N=Nc2ccc(O)c(OC=O)c2)c2nc(N)n(Cc3ccccc3)c2n1. The van der Waals surface area contributed by atoms with Gasteiger partial charge in [0.15, 0.2) is 22.7 Å². The molecular formula is C22H21N7O5. The molecule has 4 aromatic rings. The first-order chi connectivity index (χ1) is 16.6. The normalized spacial score (nSPS) is 11.2. The second kappa shape index (κ2) is 10.4. The highest BCUT2D eigenvalue weighted by Crippen LogP contribution is 2.32.